The molecule has 0 aliphatic carbocycles. The summed E-state index contributed by atoms with van der Waals surface area (Å²) in [6.45, 7) is 3.95. The molecule has 21 heavy (non-hydrogen) atoms. The van der Waals surface area contributed by atoms with Gasteiger partial charge in [0, 0.05) is 17.9 Å². The summed E-state index contributed by atoms with van der Waals surface area (Å²) in [6, 6.07) is 3.58. The summed E-state index contributed by atoms with van der Waals surface area (Å²) < 4.78 is 28.3. The minimum absolute atomic E-state index is 0.0177. The highest BCUT2D eigenvalue weighted by molar-refractivity contribution is 7.90. The normalized spacial score (nSPS) is 12.2. The molecule has 1 aromatic carbocycles. The van der Waals surface area contributed by atoms with Gasteiger partial charge in [0.05, 0.1) is 9.82 Å². The molecule has 0 amide bonds. The van der Waals surface area contributed by atoms with Gasteiger partial charge in [-0.25, -0.2) is 8.42 Å². The summed E-state index contributed by atoms with van der Waals surface area (Å²) in [7, 11) is -3.51. The largest absolute Gasteiger partial charge is 0.485 e. The molecule has 0 aliphatic rings. The van der Waals surface area contributed by atoms with Gasteiger partial charge in [-0.1, -0.05) is 13.8 Å². The summed E-state index contributed by atoms with van der Waals surface area (Å²) in [6.07, 6.45) is 2.32. The molecule has 0 aliphatic heterocycles. The van der Waals surface area contributed by atoms with Gasteiger partial charge < -0.3 is 10.5 Å². The summed E-state index contributed by atoms with van der Waals surface area (Å²) in [5.41, 5.74) is 5.13. The van der Waals surface area contributed by atoms with Gasteiger partial charge in [-0.05, 0) is 25.0 Å². The molecule has 8 heteroatoms. The van der Waals surface area contributed by atoms with Crippen molar-refractivity contribution in [1.29, 1.82) is 0 Å². The van der Waals surface area contributed by atoms with Gasteiger partial charge in [-0.2, -0.15) is 0 Å². The smallest absolute Gasteiger partial charge is 0.312 e. The summed E-state index contributed by atoms with van der Waals surface area (Å²) >= 11 is 0. The number of nitrogens with zero attached hydrogens (tertiary/aromatic N) is 1. The van der Waals surface area contributed by atoms with Crippen LogP contribution in [0.2, 0.25) is 0 Å². The third-order valence-electron chi connectivity index (χ3n) is 3.48. The van der Waals surface area contributed by atoms with Gasteiger partial charge in [0.15, 0.2) is 15.6 Å². The Balaban J connectivity index is 3.11. The molecule has 118 valence electrons. The van der Waals surface area contributed by atoms with Crippen LogP contribution in [0.15, 0.2) is 23.1 Å². The number of nitro benzene ring substituents is 1. The molecule has 0 aromatic heterocycles. The Labute approximate surface area is 124 Å². The van der Waals surface area contributed by atoms with Crippen LogP contribution in [0.25, 0.3) is 0 Å². The van der Waals surface area contributed by atoms with Crippen molar-refractivity contribution in [2.75, 3.05) is 12.9 Å². The fraction of sp³-hybridized carbons (Fsp3) is 0.538. The van der Waals surface area contributed by atoms with Crippen molar-refractivity contribution in [1.82, 2.24) is 0 Å². The predicted molar refractivity (Wildman–Crippen MR) is 79.2 cm³/mol. The Hall–Kier alpha value is -1.67. The molecular formula is C13H20N2O5S. The van der Waals surface area contributed by atoms with Crippen LogP contribution in [-0.4, -0.2) is 31.7 Å². The Morgan fingerprint density at radius 3 is 2.33 bits per heavy atom. The predicted octanol–water partition coefficient (Wildman–Crippen LogP) is 1.89. The van der Waals surface area contributed by atoms with E-state index in [0.717, 1.165) is 12.3 Å². The molecule has 0 bridgehead atoms. The van der Waals surface area contributed by atoms with Gasteiger partial charge >= 0.3 is 5.69 Å². The Morgan fingerprint density at radius 2 is 1.90 bits per heavy atom. The number of hydrogen-bond acceptors (Lipinski definition) is 6. The Morgan fingerprint density at radius 1 is 1.33 bits per heavy atom. The number of rotatable bonds is 7. The topological polar surface area (TPSA) is 113 Å². The zero-order valence-corrected chi connectivity index (χ0v) is 13.1. The van der Waals surface area contributed by atoms with E-state index >= 15 is 0 Å². The van der Waals surface area contributed by atoms with Crippen LogP contribution >= 0.6 is 0 Å². The van der Waals surface area contributed by atoms with Crippen LogP contribution in [0.4, 0.5) is 5.69 Å². The molecule has 0 saturated carbocycles. The van der Waals surface area contributed by atoms with E-state index in [2.05, 4.69) is 0 Å². The first kappa shape index (κ1) is 17.4. The van der Waals surface area contributed by atoms with Crippen molar-refractivity contribution in [2.45, 2.75) is 37.1 Å². The van der Waals surface area contributed by atoms with E-state index in [1.54, 1.807) is 0 Å². The second-order valence-electron chi connectivity index (χ2n) is 5.02. The molecule has 0 saturated heterocycles. The first-order chi connectivity index (χ1) is 9.63. The molecule has 0 unspecified atom stereocenters. The highest BCUT2D eigenvalue weighted by Crippen LogP contribution is 2.30. The van der Waals surface area contributed by atoms with E-state index in [9.17, 15) is 18.5 Å². The number of nitro groups is 1. The van der Waals surface area contributed by atoms with Crippen LogP contribution in [0.3, 0.4) is 0 Å². The Bertz CT molecular complexity index is 623. The van der Waals surface area contributed by atoms with E-state index in [1.807, 2.05) is 13.8 Å². The van der Waals surface area contributed by atoms with Crippen LogP contribution in [-0.2, 0) is 9.84 Å². The molecule has 0 heterocycles. The third-order valence-corrected chi connectivity index (χ3v) is 4.59. The minimum atomic E-state index is -3.51. The zero-order valence-electron chi connectivity index (χ0n) is 12.3. The van der Waals surface area contributed by atoms with E-state index in [1.165, 1.54) is 12.1 Å². The third kappa shape index (κ3) is 4.40. The molecule has 2 N–H and O–H groups in total. The summed E-state index contributed by atoms with van der Waals surface area (Å²) in [4.78, 5) is 10.3. The second-order valence-corrected chi connectivity index (χ2v) is 7.03. The lowest BCUT2D eigenvalue weighted by Gasteiger charge is -2.26. The van der Waals surface area contributed by atoms with Gasteiger partial charge in [0.1, 0.15) is 6.61 Å². The summed E-state index contributed by atoms with van der Waals surface area (Å²) in [5, 5.41) is 11.1. The molecule has 0 atom stereocenters. The van der Waals surface area contributed by atoms with Gasteiger partial charge in [-0.3, -0.25) is 10.1 Å². The molecule has 1 rings (SSSR count). The van der Waals surface area contributed by atoms with Crippen LogP contribution in [0, 0.1) is 10.1 Å². The Kier molecular flexibility index (Phi) is 5.30. The maximum atomic E-state index is 11.4. The van der Waals surface area contributed by atoms with Crippen molar-refractivity contribution in [2.24, 2.45) is 5.73 Å². The monoisotopic (exact) mass is 316 g/mol. The molecule has 1 aromatic rings. The fourth-order valence-corrected chi connectivity index (χ4v) is 2.31. The number of benzene rings is 1. The van der Waals surface area contributed by atoms with Crippen molar-refractivity contribution >= 4 is 15.5 Å². The van der Waals surface area contributed by atoms with Gasteiger partial charge in [-0.15, -0.1) is 0 Å². The lowest BCUT2D eigenvalue weighted by Crippen LogP contribution is -2.44. The molecule has 0 radical (unpaired) electrons. The average molecular weight is 316 g/mol. The number of ether oxygens (including phenoxy) is 1. The number of hydrogen-bond donors (Lipinski definition) is 1. The van der Waals surface area contributed by atoms with Crippen molar-refractivity contribution < 1.29 is 18.1 Å². The quantitative estimate of drug-likeness (QED) is 0.607. The molecule has 7 nitrogen and oxygen atoms in total. The highest BCUT2D eigenvalue weighted by Gasteiger charge is 2.25. The van der Waals surface area contributed by atoms with Gasteiger partial charge in [0.25, 0.3) is 0 Å². The average Bonchev–Trinajstić information content (AvgIpc) is 2.43. The lowest BCUT2D eigenvalue weighted by atomic mass is 9.96. The van der Waals surface area contributed by atoms with Crippen molar-refractivity contribution in [3.05, 3.63) is 28.3 Å². The van der Waals surface area contributed by atoms with Crippen molar-refractivity contribution in [3.63, 3.8) is 0 Å². The van der Waals surface area contributed by atoms with Gasteiger partial charge in [0.2, 0.25) is 0 Å². The standard InChI is InChI=1S/C13H20N2O5S/c1-4-13(14,5-2)9-20-12-7-6-10(21(3,18)19)8-11(12)15(16)17/h6-8H,4-5,9,14H2,1-3H3. The zero-order chi connectivity index (χ0) is 16.3. The highest BCUT2D eigenvalue weighted by atomic mass is 32.2. The maximum Gasteiger partial charge on any atom is 0.312 e. The van der Waals surface area contributed by atoms with E-state index in [-0.39, 0.29) is 22.9 Å². The lowest BCUT2D eigenvalue weighted by molar-refractivity contribution is -0.386. The SMILES string of the molecule is CCC(N)(CC)COc1ccc(S(C)(=O)=O)cc1[N+](=O)[O-]. The number of nitrogens with two attached hydrogens (primary N) is 1. The molecule has 0 fully saturated rings. The van der Waals surface area contributed by atoms with Crippen LogP contribution in [0.5, 0.6) is 5.75 Å². The van der Waals surface area contributed by atoms with E-state index < -0.39 is 20.3 Å². The van der Waals surface area contributed by atoms with E-state index in [4.69, 9.17) is 10.5 Å². The summed E-state index contributed by atoms with van der Waals surface area (Å²) in [5.74, 6) is 0.0177. The van der Waals surface area contributed by atoms with E-state index in [0.29, 0.717) is 12.8 Å². The first-order valence-electron chi connectivity index (χ1n) is 6.53. The number of sulfone groups is 1. The molecule has 0 spiro atoms. The first-order valence-corrected chi connectivity index (χ1v) is 8.42. The fourth-order valence-electron chi connectivity index (χ4n) is 1.67. The minimum Gasteiger partial charge on any atom is -0.485 e. The van der Waals surface area contributed by atoms with Crippen LogP contribution < -0.4 is 10.5 Å². The van der Waals surface area contributed by atoms with Crippen LogP contribution in [0.1, 0.15) is 26.7 Å². The maximum absolute atomic E-state index is 11.4. The molecular weight excluding hydrogens is 296 g/mol. The second kappa shape index (κ2) is 6.40. The van der Waals surface area contributed by atoms with Crippen molar-refractivity contribution in [3.8, 4) is 5.75 Å².